The van der Waals surface area contributed by atoms with Crippen LogP contribution >= 0.6 is 0 Å². The van der Waals surface area contributed by atoms with E-state index in [1.54, 1.807) is 0 Å². The van der Waals surface area contributed by atoms with Crippen molar-refractivity contribution in [2.24, 2.45) is 17.8 Å². The standard InChI is InChI=1S/C13H25N/c1-11-9-13(10-12(11)2)5-8-14-6-3-4-7-14/h11-13H,3-10H2,1-2H3. The highest BCUT2D eigenvalue weighted by atomic mass is 15.1. The Morgan fingerprint density at radius 3 is 2.14 bits per heavy atom. The lowest BCUT2D eigenvalue weighted by atomic mass is 10.0. The lowest BCUT2D eigenvalue weighted by Crippen LogP contribution is -2.22. The molecule has 1 heterocycles. The molecule has 1 nitrogen and oxygen atoms in total. The lowest BCUT2D eigenvalue weighted by molar-refractivity contribution is 0.300. The monoisotopic (exact) mass is 195 g/mol. The average Bonchev–Trinajstić information content (AvgIpc) is 2.74. The van der Waals surface area contributed by atoms with Crippen molar-refractivity contribution in [2.45, 2.75) is 46.0 Å². The van der Waals surface area contributed by atoms with E-state index >= 15 is 0 Å². The Morgan fingerprint density at radius 1 is 1.00 bits per heavy atom. The molecule has 1 heteroatoms. The first-order valence-corrected chi connectivity index (χ1v) is 6.48. The van der Waals surface area contributed by atoms with Gasteiger partial charge in [-0.25, -0.2) is 0 Å². The summed E-state index contributed by atoms with van der Waals surface area (Å²) in [6.45, 7) is 8.99. The van der Waals surface area contributed by atoms with Gasteiger partial charge in [0.2, 0.25) is 0 Å². The van der Waals surface area contributed by atoms with Crippen LogP contribution in [0.3, 0.4) is 0 Å². The third-order valence-electron chi connectivity index (χ3n) is 4.43. The maximum absolute atomic E-state index is 2.66. The van der Waals surface area contributed by atoms with Gasteiger partial charge in [0.15, 0.2) is 0 Å². The van der Waals surface area contributed by atoms with E-state index in [9.17, 15) is 0 Å². The molecule has 0 bridgehead atoms. The summed E-state index contributed by atoms with van der Waals surface area (Å²) in [7, 11) is 0. The molecule has 2 unspecified atom stereocenters. The molecule has 82 valence electrons. The van der Waals surface area contributed by atoms with Gasteiger partial charge in [-0.15, -0.1) is 0 Å². The summed E-state index contributed by atoms with van der Waals surface area (Å²) in [5.74, 6) is 3.01. The maximum atomic E-state index is 2.66. The van der Waals surface area contributed by atoms with Crippen molar-refractivity contribution >= 4 is 0 Å². The fourth-order valence-electron chi connectivity index (χ4n) is 3.22. The Labute approximate surface area is 88.9 Å². The zero-order valence-corrected chi connectivity index (χ0v) is 9.84. The molecule has 14 heavy (non-hydrogen) atoms. The quantitative estimate of drug-likeness (QED) is 0.668. The van der Waals surface area contributed by atoms with Crippen molar-refractivity contribution in [2.75, 3.05) is 19.6 Å². The average molecular weight is 195 g/mol. The molecule has 1 aliphatic carbocycles. The number of rotatable bonds is 3. The van der Waals surface area contributed by atoms with Crippen molar-refractivity contribution in [1.29, 1.82) is 0 Å². The fraction of sp³-hybridized carbons (Fsp3) is 1.00. The van der Waals surface area contributed by atoms with Gasteiger partial charge in [0, 0.05) is 0 Å². The predicted molar refractivity (Wildman–Crippen MR) is 61.3 cm³/mol. The van der Waals surface area contributed by atoms with Crippen LogP contribution in [0.2, 0.25) is 0 Å². The van der Waals surface area contributed by atoms with E-state index in [2.05, 4.69) is 18.7 Å². The summed E-state index contributed by atoms with van der Waals surface area (Å²) < 4.78 is 0. The van der Waals surface area contributed by atoms with E-state index in [-0.39, 0.29) is 0 Å². The van der Waals surface area contributed by atoms with E-state index in [0.29, 0.717) is 0 Å². The van der Waals surface area contributed by atoms with Crippen molar-refractivity contribution in [3.05, 3.63) is 0 Å². The second-order valence-corrected chi connectivity index (χ2v) is 5.63. The molecule has 0 radical (unpaired) electrons. The van der Waals surface area contributed by atoms with E-state index < -0.39 is 0 Å². The minimum absolute atomic E-state index is 0.985. The van der Waals surface area contributed by atoms with Crippen molar-refractivity contribution in [3.8, 4) is 0 Å². The molecular formula is C13H25N. The highest BCUT2D eigenvalue weighted by molar-refractivity contribution is 4.79. The predicted octanol–water partition coefficient (Wildman–Crippen LogP) is 3.15. The largest absolute Gasteiger partial charge is 0.303 e. The molecule has 0 aromatic rings. The van der Waals surface area contributed by atoms with Crippen LogP contribution in [0.5, 0.6) is 0 Å². The number of nitrogens with zero attached hydrogens (tertiary/aromatic N) is 1. The lowest BCUT2D eigenvalue weighted by Gasteiger charge is -2.17. The van der Waals surface area contributed by atoms with Crippen molar-refractivity contribution < 1.29 is 0 Å². The van der Waals surface area contributed by atoms with Gasteiger partial charge < -0.3 is 4.90 Å². The third-order valence-corrected chi connectivity index (χ3v) is 4.43. The first-order chi connectivity index (χ1) is 6.75. The van der Waals surface area contributed by atoms with Gasteiger partial charge in [-0.05, 0) is 69.5 Å². The Morgan fingerprint density at radius 2 is 1.57 bits per heavy atom. The van der Waals surface area contributed by atoms with Crippen molar-refractivity contribution in [3.63, 3.8) is 0 Å². The van der Waals surface area contributed by atoms with E-state index in [1.165, 1.54) is 51.7 Å². The van der Waals surface area contributed by atoms with Gasteiger partial charge in [-0.3, -0.25) is 0 Å². The molecule has 0 aromatic carbocycles. The fourth-order valence-corrected chi connectivity index (χ4v) is 3.22. The third kappa shape index (κ3) is 2.50. The van der Waals surface area contributed by atoms with Crippen LogP contribution in [-0.2, 0) is 0 Å². The number of hydrogen-bond acceptors (Lipinski definition) is 1. The van der Waals surface area contributed by atoms with Gasteiger partial charge in [-0.2, -0.15) is 0 Å². The molecule has 2 atom stereocenters. The Bertz CT molecular complexity index is 162. The normalized spacial score (nSPS) is 39.4. The molecular weight excluding hydrogens is 170 g/mol. The first kappa shape index (κ1) is 10.5. The number of likely N-dealkylation sites (tertiary alicyclic amines) is 1. The van der Waals surface area contributed by atoms with Crippen LogP contribution < -0.4 is 0 Å². The van der Waals surface area contributed by atoms with E-state index in [1.807, 2.05) is 0 Å². The summed E-state index contributed by atoms with van der Waals surface area (Å²) in [6.07, 6.45) is 7.34. The summed E-state index contributed by atoms with van der Waals surface area (Å²) >= 11 is 0. The highest BCUT2D eigenvalue weighted by Gasteiger charge is 2.28. The van der Waals surface area contributed by atoms with Crippen LogP contribution in [0.4, 0.5) is 0 Å². The SMILES string of the molecule is CC1CC(CCN2CCCC2)CC1C. The second-order valence-electron chi connectivity index (χ2n) is 5.63. The molecule has 2 fully saturated rings. The topological polar surface area (TPSA) is 3.24 Å². The minimum atomic E-state index is 0.985. The van der Waals surface area contributed by atoms with Gasteiger partial charge in [-0.1, -0.05) is 13.8 Å². The molecule has 0 N–H and O–H groups in total. The summed E-state index contributed by atoms with van der Waals surface area (Å²) in [6, 6.07) is 0. The molecule has 2 aliphatic rings. The van der Waals surface area contributed by atoms with E-state index in [0.717, 1.165) is 17.8 Å². The van der Waals surface area contributed by atoms with Crippen LogP contribution in [0, 0.1) is 17.8 Å². The molecule has 0 spiro atoms. The summed E-state index contributed by atoms with van der Waals surface area (Å²) in [4.78, 5) is 2.66. The van der Waals surface area contributed by atoms with Gasteiger partial charge in [0.25, 0.3) is 0 Å². The molecule has 0 amide bonds. The summed E-state index contributed by atoms with van der Waals surface area (Å²) in [5, 5.41) is 0. The number of hydrogen-bond donors (Lipinski definition) is 0. The molecule has 1 aliphatic heterocycles. The maximum Gasteiger partial charge on any atom is -0.00161 e. The Kier molecular flexibility index (Phi) is 3.48. The molecule has 0 aromatic heterocycles. The second kappa shape index (κ2) is 4.65. The van der Waals surface area contributed by atoms with Gasteiger partial charge >= 0.3 is 0 Å². The van der Waals surface area contributed by atoms with Crippen LogP contribution in [0.25, 0.3) is 0 Å². The zero-order chi connectivity index (χ0) is 9.97. The first-order valence-electron chi connectivity index (χ1n) is 6.48. The van der Waals surface area contributed by atoms with Crippen LogP contribution in [-0.4, -0.2) is 24.5 Å². The van der Waals surface area contributed by atoms with Crippen molar-refractivity contribution in [1.82, 2.24) is 4.90 Å². The molecule has 1 saturated heterocycles. The van der Waals surface area contributed by atoms with E-state index in [4.69, 9.17) is 0 Å². The minimum Gasteiger partial charge on any atom is -0.303 e. The summed E-state index contributed by atoms with van der Waals surface area (Å²) in [5.41, 5.74) is 0. The highest BCUT2D eigenvalue weighted by Crippen LogP contribution is 2.37. The Hall–Kier alpha value is -0.0400. The Balaban J connectivity index is 1.66. The molecule has 1 saturated carbocycles. The van der Waals surface area contributed by atoms with Crippen LogP contribution in [0.15, 0.2) is 0 Å². The smallest absolute Gasteiger partial charge is 0.00161 e. The van der Waals surface area contributed by atoms with Gasteiger partial charge in [0.05, 0.1) is 0 Å². The van der Waals surface area contributed by atoms with Gasteiger partial charge in [0.1, 0.15) is 0 Å². The van der Waals surface area contributed by atoms with Crippen LogP contribution in [0.1, 0.15) is 46.0 Å². The molecule has 2 rings (SSSR count). The zero-order valence-electron chi connectivity index (χ0n) is 9.84.